The van der Waals surface area contributed by atoms with Gasteiger partial charge in [-0.2, -0.15) is 0 Å². The monoisotopic (exact) mass is 1000 g/mol. The Morgan fingerprint density at radius 1 is 0.465 bits per heavy atom. The van der Waals surface area contributed by atoms with Gasteiger partial charge in [0.05, 0.1) is 42.8 Å². The highest BCUT2D eigenvalue weighted by Gasteiger charge is 2.63. The Morgan fingerprint density at radius 2 is 0.803 bits per heavy atom. The van der Waals surface area contributed by atoms with E-state index in [0.717, 1.165) is 0 Å². The van der Waals surface area contributed by atoms with Crippen molar-refractivity contribution in [2.24, 2.45) is 0 Å². The van der Waals surface area contributed by atoms with Crippen molar-refractivity contribution in [3.05, 3.63) is 35.7 Å². The Balaban J connectivity index is 0.813. The second kappa shape index (κ2) is 18.3. The molecule has 394 valence electrons. The summed E-state index contributed by atoms with van der Waals surface area (Å²) in [6.45, 7) is 24.8. The van der Waals surface area contributed by atoms with E-state index in [0.29, 0.717) is 56.4 Å². The molecule has 0 aromatic carbocycles. The van der Waals surface area contributed by atoms with E-state index >= 15 is 0 Å². The summed E-state index contributed by atoms with van der Waals surface area (Å²) in [5.41, 5.74) is 2.10. The van der Waals surface area contributed by atoms with Gasteiger partial charge in [0.1, 0.15) is 73.2 Å². The normalized spacial score (nSPS) is 39.2. The molecule has 8 saturated heterocycles. The molecule has 0 radical (unpaired) electrons. The van der Waals surface area contributed by atoms with E-state index in [9.17, 15) is 0 Å². The van der Waals surface area contributed by atoms with E-state index in [1.807, 2.05) is 102 Å². The van der Waals surface area contributed by atoms with Gasteiger partial charge in [-0.25, -0.2) is 14.0 Å². The molecular weight excluding hydrogens is 933 g/mol. The zero-order chi connectivity index (χ0) is 50.0. The highest BCUT2D eigenvalue weighted by atomic mass is 16.9. The van der Waals surface area contributed by atoms with Crippen LogP contribution in [0.3, 0.4) is 0 Å². The van der Waals surface area contributed by atoms with Crippen molar-refractivity contribution in [3.63, 3.8) is 0 Å². The molecule has 25 nitrogen and oxygen atoms in total. The van der Waals surface area contributed by atoms with Crippen LogP contribution >= 0.6 is 0 Å². The molecule has 8 aliphatic heterocycles. The Bertz CT molecular complexity index is 2250. The van der Waals surface area contributed by atoms with Gasteiger partial charge in [0.2, 0.25) is 0 Å². The molecule has 0 saturated carbocycles. The number of rotatable bonds is 15. The summed E-state index contributed by atoms with van der Waals surface area (Å²) in [5.74, 6) is -4.19. The number of fused-ring (bicyclic) bond motifs is 7. The summed E-state index contributed by atoms with van der Waals surface area (Å²) in [5, 5.41) is 27.5. The molecule has 11 rings (SSSR count). The maximum atomic E-state index is 6.52. The van der Waals surface area contributed by atoms with Crippen LogP contribution in [0, 0.1) is 0 Å². The zero-order valence-corrected chi connectivity index (χ0v) is 42.8. The van der Waals surface area contributed by atoms with E-state index in [-0.39, 0.29) is 6.10 Å². The number of hydrogen-bond acceptors (Lipinski definition) is 22. The topological polar surface area (TPSA) is 234 Å². The van der Waals surface area contributed by atoms with Crippen LogP contribution in [-0.4, -0.2) is 184 Å². The quantitative estimate of drug-likeness (QED) is 0.212. The third kappa shape index (κ3) is 10.4. The maximum Gasteiger partial charge on any atom is 0.190 e. The first-order chi connectivity index (χ1) is 33.5. The van der Waals surface area contributed by atoms with Crippen molar-refractivity contribution >= 4 is 0 Å². The maximum absolute atomic E-state index is 6.52. The fourth-order valence-electron chi connectivity index (χ4n) is 11.2. The van der Waals surface area contributed by atoms with Gasteiger partial charge < -0.3 is 71.1 Å². The zero-order valence-electron chi connectivity index (χ0n) is 42.8. The number of aromatic nitrogens is 9. The average Bonchev–Trinajstić information content (AvgIpc) is 4.13. The van der Waals surface area contributed by atoms with Crippen molar-refractivity contribution in [2.45, 2.75) is 250 Å². The van der Waals surface area contributed by atoms with Crippen LogP contribution in [-0.2, 0) is 110 Å². The summed E-state index contributed by atoms with van der Waals surface area (Å²) >= 11 is 0. The molecule has 8 fully saturated rings. The van der Waals surface area contributed by atoms with Crippen LogP contribution in [0.15, 0.2) is 18.6 Å². The lowest BCUT2D eigenvalue weighted by molar-refractivity contribution is -0.271. The number of hydrogen-bond donors (Lipinski definition) is 0. The molecule has 0 amide bonds. The van der Waals surface area contributed by atoms with Gasteiger partial charge in [-0.15, -0.1) is 15.3 Å². The van der Waals surface area contributed by atoms with Gasteiger partial charge in [-0.3, -0.25) is 4.90 Å². The summed E-state index contributed by atoms with van der Waals surface area (Å²) < 4.78 is 99.7. The molecule has 0 bridgehead atoms. The molecule has 71 heavy (non-hydrogen) atoms. The van der Waals surface area contributed by atoms with E-state index in [1.54, 1.807) is 21.2 Å². The summed E-state index contributed by atoms with van der Waals surface area (Å²) in [4.78, 5) is 2.15. The lowest BCUT2D eigenvalue weighted by atomic mass is 9.98. The Hall–Kier alpha value is -3.22. The number of methoxy groups -OCH3 is 1. The van der Waals surface area contributed by atoms with E-state index in [1.165, 1.54) is 0 Å². The van der Waals surface area contributed by atoms with Crippen LogP contribution in [0.4, 0.5) is 0 Å². The van der Waals surface area contributed by atoms with Crippen LogP contribution in [0.2, 0.25) is 0 Å². The Labute approximate surface area is 412 Å². The Morgan fingerprint density at radius 3 is 1.21 bits per heavy atom. The van der Waals surface area contributed by atoms with Gasteiger partial charge in [0.15, 0.2) is 47.8 Å². The van der Waals surface area contributed by atoms with Crippen LogP contribution in [0.5, 0.6) is 0 Å². The standard InChI is InChI=1S/C46H70N10O15/c1-23(2)58-30-27(59-39-36(33(30)57-13)66-44(7,8)69-39)20-54-17-24(47-50-54)14-53(15-25-18-55(51-48-25)21-28-31-34(64-42(3,4)62-31)37-40(60-28)70-45(9,10)67-37)16-26-19-56(52-49-26)22-29-32-35(65-43(5,6)63-32)38-41(61-29)71-46(11,12)68-38/h17-19,23,27-41H,14-16,20-22H2,1-13H3/t27?,28?,29?,30-,31-,32-,33-,34-,35-,36?,37?,38?,39+,40+,41+/m0/s1. The molecule has 6 unspecified atom stereocenters. The molecule has 0 aliphatic carbocycles. The molecule has 25 heteroatoms. The number of ether oxygens (including phenoxy) is 15. The van der Waals surface area contributed by atoms with Gasteiger partial charge >= 0.3 is 0 Å². The van der Waals surface area contributed by atoms with Crippen LogP contribution in [0.1, 0.15) is 100 Å². The average molecular weight is 1000 g/mol. The highest BCUT2D eigenvalue weighted by Crippen LogP contribution is 2.46. The SMILES string of the molecule is CO[C@@H]1C2OC(C)(C)O[C@H]2OC(Cn2cc(CN(Cc3cn(CC4O[C@@H]5OC(C)(C)OC5[C@H]5OC(C)(C)O[C@@H]45)nn3)Cc3cn(CC4O[C@@H]5OC(C)(C)OC5[C@H]5OC(C)(C)O[C@@H]45)nn3)nn2)[C@@H]1OC(C)C. The van der Waals surface area contributed by atoms with Gasteiger partial charge in [-0.1, -0.05) is 15.6 Å². The molecule has 3 aromatic heterocycles. The second-order valence-corrected chi connectivity index (χ2v) is 22.3. The van der Waals surface area contributed by atoms with E-state index in [2.05, 4.69) is 35.8 Å². The molecular formula is C46H70N10O15. The third-order valence-electron chi connectivity index (χ3n) is 13.6. The second-order valence-electron chi connectivity index (χ2n) is 22.3. The molecule has 0 N–H and O–H groups in total. The first-order valence-electron chi connectivity index (χ1n) is 24.8. The van der Waals surface area contributed by atoms with Gasteiger partial charge in [-0.05, 0) is 83.1 Å². The van der Waals surface area contributed by atoms with E-state index in [4.69, 9.17) is 71.1 Å². The van der Waals surface area contributed by atoms with Crippen molar-refractivity contribution < 1.29 is 71.1 Å². The van der Waals surface area contributed by atoms with Gasteiger partial charge in [0, 0.05) is 45.3 Å². The largest absolute Gasteiger partial charge is 0.376 e. The van der Waals surface area contributed by atoms with Gasteiger partial charge in [0.25, 0.3) is 0 Å². The van der Waals surface area contributed by atoms with Crippen molar-refractivity contribution in [3.8, 4) is 0 Å². The summed E-state index contributed by atoms with van der Waals surface area (Å²) in [6.07, 6.45) is -1.61. The van der Waals surface area contributed by atoms with E-state index < -0.39 is 121 Å². The molecule has 0 spiro atoms. The van der Waals surface area contributed by atoms with Crippen LogP contribution < -0.4 is 0 Å². The highest BCUT2D eigenvalue weighted by molar-refractivity contribution is 5.05. The molecule has 11 heterocycles. The van der Waals surface area contributed by atoms with Crippen molar-refractivity contribution in [1.82, 2.24) is 49.9 Å². The minimum absolute atomic E-state index is 0.105. The fourth-order valence-corrected chi connectivity index (χ4v) is 11.2. The Kier molecular flexibility index (Phi) is 12.9. The molecule has 3 aromatic rings. The van der Waals surface area contributed by atoms with Crippen LogP contribution in [0.25, 0.3) is 0 Å². The fraction of sp³-hybridized carbons (Fsp3) is 0.870. The minimum atomic E-state index is -0.849. The lowest BCUT2D eigenvalue weighted by Gasteiger charge is -2.42. The third-order valence-corrected chi connectivity index (χ3v) is 13.6. The first kappa shape index (κ1) is 50.0. The minimum Gasteiger partial charge on any atom is -0.376 e. The summed E-state index contributed by atoms with van der Waals surface area (Å²) in [6, 6.07) is 0. The predicted molar refractivity (Wildman–Crippen MR) is 238 cm³/mol. The van der Waals surface area contributed by atoms with Crippen molar-refractivity contribution in [1.29, 1.82) is 0 Å². The smallest absolute Gasteiger partial charge is 0.190 e. The number of nitrogens with zero attached hydrogens (tertiary/aromatic N) is 10. The first-order valence-corrected chi connectivity index (χ1v) is 24.8. The lowest BCUT2D eigenvalue weighted by Crippen LogP contribution is -2.59. The van der Waals surface area contributed by atoms with Crippen molar-refractivity contribution in [2.75, 3.05) is 7.11 Å². The molecule has 8 aliphatic rings. The predicted octanol–water partition coefficient (Wildman–Crippen LogP) is 2.14. The molecule has 15 atom stereocenters. The summed E-state index contributed by atoms with van der Waals surface area (Å²) in [7, 11) is 1.65.